The number of anilines is 1. The van der Waals surface area contributed by atoms with Crippen LogP contribution in [0.1, 0.15) is 29.5 Å². The third-order valence-electron chi connectivity index (χ3n) is 3.68. The lowest BCUT2D eigenvalue weighted by Gasteiger charge is -2.07. The fraction of sp³-hybridized carbons (Fsp3) is 0.500. The Bertz CT molecular complexity index is 621. The molecule has 1 fully saturated rings. The summed E-state index contributed by atoms with van der Waals surface area (Å²) in [5.74, 6) is 0.577. The Morgan fingerprint density at radius 2 is 2.38 bits per heavy atom. The number of carbonyl (C=O) groups excluding carboxylic acids is 1. The smallest absolute Gasteiger partial charge is 0.229 e. The van der Waals surface area contributed by atoms with Crippen LogP contribution in [0.25, 0.3) is 0 Å². The third-order valence-corrected chi connectivity index (χ3v) is 3.68. The molecule has 3 heterocycles. The van der Waals surface area contributed by atoms with Gasteiger partial charge in [-0.2, -0.15) is 5.10 Å². The van der Waals surface area contributed by atoms with Gasteiger partial charge in [0.15, 0.2) is 0 Å². The molecule has 2 aromatic rings. The third kappa shape index (κ3) is 2.97. The number of nitrogens with one attached hydrogen (secondary N) is 1. The number of aryl methyl sites for hydroxylation is 2. The summed E-state index contributed by atoms with van der Waals surface area (Å²) in [4.78, 5) is 12.1. The van der Waals surface area contributed by atoms with Gasteiger partial charge in [0.2, 0.25) is 5.91 Å². The molecular weight excluding hydrogens is 272 g/mol. The van der Waals surface area contributed by atoms with Gasteiger partial charge in [-0.05, 0) is 20.3 Å². The summed E-state index contributed by atoms with van der Waals surface area (Å²) in [5.41, 5.74) is 2.28. The highest BCUT2D eigenvalue weighted by molar-refractivity contribution is 5.92. The van der Waals surface area contributed by atoms with Crippen molar-refractivity contribution in [3.63, 3.8) is 0 Å². The zero-order valence-corrected chi connectivity index (χ0v) is 12.1. The quantitative estimate of drug-likeness (QED) is 0.925. The van der Waals surface area contributed by atoms with Gasteiger partial charge in [0.25, 0.3) is 0 Å². The summed E-state index contributed by atoms with van der Waals surface area (Å²) >= 11 is 0. The molecule has 0 aromatic carbocycles. The largest absolute Gasteiger partial charge is 0.379 e. The maximum atomic E-state index is 12.1. The van der Waals surface area contributed by atoms with Crippen molar-refractivity contribution in [3.05, 3.63) is 29.4 Å². The molecule has 1 saturated heterocycles. The Labute approximate surface area is 122 Å². The van der Waals surface area contributed by atoms with Crippen molar-refractivity contribution in [2.45, 2.75) is 32.7 Å². The van der Waals surface area contributed by atoms with Gasteiger partial charge < -0.3 is 14.6 Å². The number of hydrogen-bond acceptors (Lipinski definition) is 5. The van der Waals surface area contributed by atoms with Crippen molar-refractivity contribution in [1.29, 1.82) is 0 Å². The number of carbonyl (C=O) groups is 1. The summed E-state index contributed by atoms with van der Waals surface area (Å²) in [6, 6.07) is 0.262. The minimum Gasteiger partial charge on any atom is -0.379 e. The second-order valence-corrected chi connectivity index (χ2v) is 5.25. The number of nitrogens with zero attached hydrogens (tertiary/aromatic N) is 3. The average molecular weight is 290 g/mol. The van der Waals surface area contributed by atoms with E-state index in [0.29, 0.717) is 18.1 Å². The second-order valence-electron chi connectivity index (χ2n) is 5.25. The van der Waals surface area contributed by atoms with Crippen LogP contribution in [-0.2, 0) is 16.0 Å². The molecule has 7 heteroatoms. The standard InChI is InChI=1S/C14H18N4O3/c1-9-13(10(2)21-17-9)5-14(19)16-11-6-15-18(7-11)12-3-4-20-8-12/h6-7,12H,3-5,8H2,1-2H3,(H,16,19). The molecule has 1 aliphatic rings. The Kier molecular flexibility index (Phi) is 3.74. The van der Waals surface area contributed by atoms with Crippen LogP contribution in [0.3, 0.4) is 0 Å². The maximum Gasteiger partial charge on any atom is 0.229 e. The van der Waals surface area contributed by atoms with E-state index in [-0.39, 0.29) is 18.4 Å². The van der Waals surface area contributed by atoms with Crippen LogP contribution in [0.2, 0.25) is 0 Å². The summed E-state index contributed by atoms with van der Waals surface area (Å²) in [7, 11) is 0. The fourth-order valence-corrected chi connectivity index (χ4v) is 2.45. The normalized spacial score (nSPS) is 18.1. The van der Waals surface area contributed by atoms with Crippen LogP contribution in [0.15, 0.2) is 16.9 Å². The molecule has 2 aromatic heterocycles. The molecule has 112 valence electrons. The van der Waals surface area contributed by atoms with E-state index in [2.05, 4.69) is 15.6 Å². The van der Waals surface area contributed by atoms with E-state index in [9.17, 15) is 4.79 Å². The average Bonchev–Trinajstić information content (AvgIpc) is 3.16. The van der Waals surface area contributed by atoms with Gasteiger partial charge in [0.05, 0.1) is 36.6 Å². The van der Waals surface area contributed by atoms with E-state index in [1.165, 1.54) is 0 Å². The Morgan fingerprint density at radius 1 is 1.52 bits per heavy atom. The van der Waals surface area contributed by atoms with Gasteiger partial charge in [0, 0.05) is 18.4 Å². The molecule has 0 saturated carbocycles. The van der Waals surface area contributed by atoms with E-state index in [4.69, 9.17) is 9.26 Å². The summed E-state index contributed by atoms with van der Waals surface area (Å²) in [6.07, 6.45) is 4.70. The number of hydrogen-bond donors (Lipinski definition) is 1. The van der Waals surface area contributed by atoms with Crippen LogP contribution >= 0.6 is 0 Å². The highest BCUT2D eigenvalue weighted by Gasteiger charge is 2.19. The minimum absolute atomic E-state index is 0.105. The van der Waals surface area contributed by atoms with Crippen molar-refractivity contribution in [1.82, 2.24) is 14.9 Å². The van der Waals surface area contributed by atoms with Gasteiger partial charge in [-0.25, -0.2) is 0 Å². The summed E-state index contributed by atoms with van der Waals surface area (Å²) in [5, 5.41) is 11.0. The van der Waals surface area contributed by atoms with E-state index < -0.39 is 0 Å². The number of amides is 1. The molecule has 1 aliphatic heterocycles. The fourth-order valence-electron chi connectivity index (χ4n) is 2.45. The SMILES string of the molecule is Cc1noc(C)c1CC(=O)Nc1cnn(C2CCOC2)c1. The molecule has 1 amide bonds. The van der Waals surface area contributed by atoms with Gasteiger partial charge >= 0.3 is 0 Å². The van der Waals surface area contributed by atoms with Crippen molar-refractivity contribution < 1.29 is 14.1 Å². The first-order valence-corrected chi connectivity index (χ1v) is 6.97. The lowest BCUT2D eigenvalue weighted by molar-refractivity contribution is -0.115. The molecule has 0 bridgehead atoms. The zero-order chi connectivity index (χ0) is 14.8. The lowest BCUT2D eigenvalue weighted by atomic mass is 10.1. The van der Waals surface area contributed by atoms with E-state index in [0.717, 1.165) is 24.3 Å². The maximum absolute atomic E-state index is 12.1. The topological polar surface area (TPSA) is 82.2 Å². The Hall–Kier alpha value is -2.15. The first-order valence-electron chi connectivity index (χ1n) is 6.97. The van der Waals surface area contributed by atoms with E-state index in [1.54, 1.807) is 13.1 Å². The summed E-state index contributed by atoms with van der Waals surface area (Å²) in [6.45, 7) is 5.07. The number of aromatic nitrogens is 3. The van der Waals surface area contributed by atoms with E-state index in [1.807, 2.05) is 17.8 Å². The molecule has 1 N–H and O–H groups in total. The highest BCUT2D eigenvalue weighted by Crippen LogP contribution is 2.20. The predicted molar refractivity (Wildman–Crippen MR) is 75.0 cm³/mol. The van der Waals surface area contributed by atoms with Gasteiger partial charge in [-0.15, -0.1) is 0 Å². The number of ether oxygens (including phenoxy) is 1. The Balaban J connectivity index is 1.62. The first kappa shape index (κ1) is 13.8. The molecular formula is C14H18N4O3. The molecule has 1 atom stereocenters. The van der Waals surface area contributed by atoms with Crippen LogP contribution in [0.4, 0.5) is 5.69 Å². The molecule has 0 aliphatic carbocycles. The van der Waals surface area contributed by atoms with Crippen LogP contribution < -0.4 is 5.32 Å². The zero-order valence-electron chi connectivity index (χ0n) is 12.1. The highest BCUT2D eigenvalue weighted by atomic mass is 16.5. The van der Waals surface area contributed by atoms with Crippen molar-refractivity contribution in [3.8, 4) is 0 Å². The van der Waals surface area contributed by atoms with Crippen molar-refractivity contribution >= 4 is 11.6 Å². The van der Waals surface area contributed by atoms with Gasteiger partial charge in [0.1, 0.15) is 5.76 Å². The van der Waals surface area contributed by atoms with Crippen molar-refractivity contribution in [2.75, 3.05) is 18.5 Å². The molecule has 21 heavy (non-hydrogen) atoms. The number of rotatable bonds is 4. The second kappa shape index (κ2) is 5.69. The molecule has 0 radical (unpaired) electrons. The molecule has 3 rings (SSSR count). The van der Waals surface area contributed by atoms with Crippen LogP contribution in [-0.4, -0.2) is 34.1 Å². The summed E-state index contributed by atoms with van der Waals surface area (Å²) < 4.78 is 12.2. The van der Waals surface area contributed by atoms with Crippen LogP contribution in [0, 0.1) is 13.8 Å². The Morgan fingerprint density at radius 3 is 3.05 bits per heavy atom. The monoisotopic (exact) mass is 290 g/mol. The minimum atomic E-state index is -0.105. The first-order chi connectivity index (χ1) is 10.1. The predicted octanol–water partition coefficient (Wildman–Crippen LogP) is 1.63. The molecule has 0 spiro atoms. The van der Waals surface area contributed by atoms with Crippen molar-refractivity contribution in [2.24, 2.45) is 0 Å². The van der Waals surface area contributed by atoms with Crippen LogP contribution in [0.5, 0.6) is 0 Å². The molecule has 1 unspecified atom stereocenters. The lowest BCUT2D eigenvalue weighted by Crippen LogP contribution is -2.15. The van der Waals surface area contributed by atoms with Gasteiger partial charge in [-0.3, -0.25) is 9.48 Å². The van der Waals surface area contributed by atoms with E-state index >= 15 is 0 Å². The molecule has 7 nitrogen and oxygen atoms in total. The van der Waals surface area contributed by atoms with Gasteiger partial charge in [-0.1, -0.05) is 5.16 Å².